The summed E-state index contributed by atoms with van der Waals surface area (Å²) in [6.45, 7) is 5.49. The summed E-state index contributed by atoms with van der Waals surface area (Å²) in [6.07, 6.45) is 9.86. The van der Waals surface area contributed by atoms with Crippen molar-refractivity contribution in [2.45, 2.75) is 97.0 Å². The zero-order valence-electron chi connectivity index (χ0n) is 15.6. The van der Waals surface area contributed by atoms with Crippen molar-refractivity contribution in [1.82, 2.24) is 4.90 Å². The lowest BCUT2D eigenvalue weighted by Gasteiger charge is -2.23. The molecule has 0 rings (SSSR count). The standard InChI is InChI=1S/C19H37NO4/c1-3-5-8-12-17(21)13-11-16-20(18(22)4-2)15-10-7-6-9-14-19(23)24/h17,21H,3-16H2,1-2H3,(H,23,24). The van der Waals surface area contributed by atoms with Crippen molar-refractivity contribution in [1.29, 1.82) is 0 Å². The number of carbonyl (C=O) groups excluding carboxylic acids is 1. The van der Waals surface area contributed by atoms with Gasteiger partial charge in [-0.25, -0.2) is 0 Å². The predicted molar refractivity (Wildman–Crippen MR) is 97.0 cm³/mol. The quantitative estimate of drug-likeness (QED) is 0.416. The molecule has 0 aliphatic rings. The number of hydrogen-bond donors (Lipinski definition) is 2. The molecule has 0 fully saturated rings. The number of carbonyl (C=O) groups is 2. The van der Waals surface area contributed by atoms with Crippen LogP contribution in [0.15, 0.2) is 0 Å². The lowest BCUT2D eigenvalue weighted by Crippen LogP contribution is -2.32. The van der Waals surface area contributed by atoms with E-state index < -0.39 is 5.97 Å². The zero-order chi connectivity index (χ0) is 18.2. The molecule has 0 heterocycles. The molecular formula is C19H37NO4. The molecule has 0 saturated carbocycles. The largest absolute Gasteiger partial charge is 0.481 e. The van der Waals surface area contributed by atoms with Gasteiger partial charge in [-0.05, 0) is 32.1 Å². The van der Waals surface area contributed by atoms with E-state index in [-0.39, 0.29) is 18.4 Å². The maximum absolute atomic E-state index is 12.0. The number of rotatable bonds is 16. The Hall–Kier alpha value is -1.10. The van der Waals surface area contributed by atoms with Crippen LogP contribution in [-0.2, 0) is 9.59 Å². The van der Waals surface area contributed by atoms with Crippen molar-refractivity contribution in [2.24, 2.45) is 0 Å². The third-order valence-corrected chi connectivity index (χ3v) is 4.33. The summed E-state index contributed by atoms with van der Waals surface area (Å²) in [4.78, 5) is 24.3. The van der Waals surface area contributed by atoms with E-state index in [1.807, 2.05) is 11.8 Å². The highest BCUT2D eigenvalue weighted by molar-refractivity contribution is 5.75. The maximum atomic E-state index is 12.0. The van der Waals surface area contributed by atoms with E-state index in [9.17, 15) is 14.7 Å². The van der Waals surface area contributed by atoms with Crippen LogP contribution in [0.4, 0.5) is 0 Å². The molecular weight excluding hydrogens is 306 g/mol. The Morgan fingerprint density at radius 1 is 0.875 bits per heavy atom. The van der Waals surface area contributed by atoms with Gasteiger partial charge in [-0.1, -0.05) is 46.0 Å². The van der Waals surface area contributed by atoms with Gasteiger partial charge in [-0.3, -0.25) is 9.59 Å². The number of aliphatic carboxylic acids is 1. The molecule has 1 amide bonds. The van der Waals surface area contributed by atoms with E-state index in [4.69, 9.17) is 5.11 Å². The molecule has 0 spiro atoms. The number of unbranched alkanes of at least 4 members (excludes halogenated alkanes) is 5. The van der Waals surface area contributed by atoms with Crippen LogP contribution in [0.1, 0.15) is 90.9 Å². The van der Waals surface area contributed by atoms with Crippen molar-refractivity contribution >= 4 is 11.9 Å². The number of nitrogens with zero attached hydrogens (tertiary/aromatic N) is 1. The van der Waals surface area contributed by atoms with Crippen LogP contribution in [0.2, 0.25) is 0 Å². The Bertz CT molecular complexity index is 333. The number of aliphatic hydroxyl groups is 1. The van der Waals surface area contributed by atoms with Crippen molar-refractivity contribution in [3.63, 3.8) is 0 Å². The van der Waals surface area contributed by atoms with Gasteiger partial charge in [0.15, 0.2) is 0 Å². The molecule has 5 nitrogen and oxygen atoms in total. The van der Waals surface area contributed by atoms with E-state index >= 15 is 0 Å². The van der Waals surface area contributed by atoms with E-state index in [1.165, 1.54) is 6.42 Å². The molecule has 0 aliphatic heterocycles. The second kappa shape index (κ2) is 15.4. The molecule has 1 unspecified atom stereocenters. The van der Waals surface area contributed by atoms with Crippen LogP contribution in [-0.4, -0.2) is 46.2 Å². The molecule has 142 valence electrons. The zero-order valence-corrected chi connectivity index (χ0v) is 15.6. The first kappa shape index (κ1) is 22.9. The van der Waals surface area contributed by atoms with Gasteiger partial charge in [0.25, 0.3) is 0 Å². The highest BCUT2D eigenvalue weighted by Crippen LogP contribution is 2.11. The van der Waals surface area contributed by atoms with Gasteiger partial charge in [0, 0.05) is 25.9 Å². The van der Waals surface area contributed by atoms with Gasteiger partial charge < -0.3 is 15.1 Å². The SMILES string of the molecule is CCCCCC(O)CCCN(CCCCCCC(=O)O)C(=O)CC. The van der Waals surface area contributed by atoms with Gasteiger partial charge in [0.05, 0.1) is 6.10 Å². The summed E-state index contributed by atoms with van der Waals surface area (Å²) in [6, 6.07) is 0. The van der Waals surface area contributed by atoms with Crippen LogP contribution >= 0.6 is 0 Å². The fourth-order valence-electron chi connectivity index (χ4n) is 2.81. The first-order valence-electron chi connectivity index (χ1n) is 9.68. The third kappa shape index (κ3) is 13.3. The average molecular weight is 344 g/mol. The number of aliphatic hydroxyl groups excluding tert-OH is 1. The molecule has 24 heavy (non-hydrogen) atoms. The van der Waals surface area contributed by atoms with Crippen LogP contribution in [0, 0.1) is 0 Å². The number of carboxylic acids is 1. The summed E-state index contributed by atoms with van der Waals surface area (Å²) < 4.78 is 0. The molecule has 2 N–H and O–H groups in total. The smallest absolute Gasteiger partial charge is 0.303 e. The predicted octanol–water partition coefficient (Wildman–Crippen LogP) is 3.98. The summed E-state index contributed by atoms with van der Waals surface area (Å²) in [7, 11) is 0. The van der Waals surface area contributed by atoms with Gasteiger partial charge in [-0.15, -0.1) is 0 Å². The molecule has 0 radical (unpaired) electrons. The molecule has 5 heteroatoms. The van der Waals surface area contributed by atoms with Crippen LogP contribution in [0.25, 0.3) is 0 Å². The average Bonchev–Trinajstić information content (AvgIpc) is 2.55. The Kier molecular flexibility index (Phi) is 14.7. The van der Waals surface area contributed by atoms with Crippen LogP contribution in [0.5, 0.6) is 0 Å². The summed E-state index contributed by atoms with van der Waals surface area (Å²) in [5.74, 6) is -0.573. The highest BCUT2D eigenvalue weighted by atomic mass is 16.4. The van der Waals surface area contributed by atoms with Crippen molar-refractivity contribution in [3.8, 4) is 0 Å². The monoisotopic (exact) mass is 343 g/mol. The lowest BCUT2D eigenvalue weighted by molar-refractivity contribution is -0.137. The fraction of sp³-hybridized carbons (Fsp3) is 0.895. The number of hydrogen-bond acceptors (Lipinski definition) is 3. The van der Waals surface area contributed by atoms with E-state index in [1.54, 1.807) is 0 Å². The second-order valence-corrected chi connectivity index (χ2v) is 6.58. The number of amides is 1. The summed E-state index contributed by atoms with van der Waals surface area (Å²) in [5, 5.41) is 18.6. The molecule has 0 aromatic heterocycles. The van der Waals surface area contributed by atoms with Gasteiger partial charge in [0.1, 0.15) is 0 Å². The molecule has 0 aromatic carbocycles. The van der Waals surface area contributed by atoms with Crippen molar-refractivity contribution in [3.05, 3.63) is 0 Å². The number of carboxylic acid groups (broad SMARTS) is 1. The van der Waals surface area contributed by atoms with E-state index in [0.717, 1.165) is 57.9 Å². The minimum Gasteiger partial charge on any atom is -0.481 e. The minimum absolute atomic E-state index is 0.168. The van der Waals surface area contributed by atoms with Crippen LogP contribution in [0.3, 0.4) is 0 Å². The normalized spacial score (nSPS) is 12.1. The van der Waals surface area contributed by atoms with Gasteiger partial charge in [0.2, 0.25) is 5.91 Å². The molecule has 0 saturated heterocycles. The first-order valence-corrected chi connectivity index (χ1v) is 9.68. The third-order valence-electron chi connectivity index (χ3n) is 4.33. The molecule has 0 bridgehead atoms. The summed E-state index contributed by atoms with van der Waals surface area (Å²) >= 11 is 0. The van der Waals surface area contributed by atoms with Gasteiger partial charge >= 0.3 is 5.97 Å². The Labute approximate surface area is 147 Å². The Morgan fingerprint density at radius 2 is 1.50 bits per heavy atom. The first-order chi connectivity index (χ1) is 11.5. The lowest BCUT2D eigenvalue weighted by atomic mass is 10.1. The van der Waals surface area contributed by atoms with E-state index in [2.05, 4.69) is 6.92 Å². The second-order valence-electron chi connectivity index (χ2n) is 6.58. The molecule has 0 aromatic rings. The fourth-order valence-corrected chi connectivity index (χ4v) is 2.81. The van der Waals surface area contributed by atoms with Crippen LogP contribution < -0.4 is 0 Å². The van der Waals surface area contributed by atoms with E-state index in [0.29, 0.717) is 19.4 Å². The Balaban J connectivity index is 3.89. The van der Waals surface area contributed by atoms with Crippen molar-refractivity contribution < 1.29 is 19.8 Å². The topological polar surface area (TPSA) is 77.8 Å². The molecule has 1 atom stereocenters. The summed E-state index contributed by atoms with van der Waals surface area (Å²) in [5.41, 5.74) is 0. The van der Waals surface area contributed by atoms with Crippen molar-refractivity contribution in [2.75, 3.05) is 13.1 Å². The minimum atomic E-state index is -0.740. The molecule has 0 aliphatic carbocycles. The maximum Gasteiger partial charge on any atom is 0.303 e. The Morgan fingerprint density at radius 3 is 2.12 bits per heavy atom. The highest BCUT2D eigenvalue weighted by Gasteiger charge is 2.12. The van der Waals surface area contributed by atoms with Gasteiger partial charge in [-0.2, -0.15) is 0 Å².